The summed E-state index contributed by atoms with van der Waals surface area (Å²) in [6.07, 6.45) is 8.81. The van der Waals surface area contributed by atoms with Gasteiger partial charge >= 0.3 is 5.97 Å². The van der Waals surface area contributed by atoms with Crippen molar-refractivity contribution in [2.24, 2.45) is 5.92 Å². The number of carbonyl (C=O) groups excluding carboxylic acids is 1. The minimum Gasteiger partial charge on any atom is -0.466 e. The van der Waals surface area contributed by atoms with Crippen LogP contribution in [0, 0.1) is 5.92 Å². The summed E-state index contributed by atoms with van der Waals surface area (Å²) in [5.74, 6) is 0.830. The van der Waals surface area contributed by atoms with Crippen LogP contribution in [0.3, 0.4) is 0 Å². The monoisotopic (exact) mass is 227 g/mol. The van der Waals surface area contributed by atoms with Gasteiger partial charge in [-0.15, -0.1) is 0 Å². The first-order chi connectivity index (χ1) is 7.83. The highest BCUT2D eigenvalue weighted by atomic mass is 16.5. The normalized spacial score (nSPS) is 17.3. The summed E-state index contributed by atoms with van der Waals surface area (Å²) >= 11 is 0. The third-order valence-corrected chi connectivity index (χ3v) is 3.27. The smallest absolute Gasteiger partial charge is 0.307 e. The van der Waals surface area contributed by atoms with Crippen molar-refractivity contribution in [3.05, 3.63) is 0 Å². The minimum absolute atomic E-state index is 0.0901. The molecule has 1 aliphatic carbocycles. The highest BCUT2D eigenvalue weighted by Crippen LogP contribution is 2.25. The van der Waals surface area contributed by atoms with E-state index in [-0.39, 0.29) is 5.97 Å². The summed E-state index contributed by atoms with van der Waals surface area (Å²) in [5, 5.41) is 3.32. The second-order valence-electron chi connectivity index (χ2n) is 4.60. The number of esters is 1. The van der Waals surface area contributed by atoms with Gasteiger partial charge in [0.25, 0.3) is 0 Å². The molecule has 0 heterocycles. The highest BCUT2D eigenvalue weighted by Gasteiger charge is 2.12. The Hall–Kier alpha value is -0.570. The Morgan fingerprint density at radius 3 is 2.69 bits per heavy atom. The molecule has 1 N–H and O–H groups in total. The van der Waals surface area contributed by atoms with Gasteiger partial charge in [-0.25, -0.2) is 0 Å². The van der Waals surface area contributed by atoms with E-state index >= 15 is 0 Å². The molecule has 1 aliphatic rings. The number of hydrogen-bond acceptors (Lipinski definition) is 3. The Balaban J connectivity index is 1.89. The van der Waals surface area contributed by atoms with Gasteiger partial charge in [0, 0.05) is 6.54 Å². The van der Waals surface area contributed by atoms with E-state index in [9.17, 15) is 4.79 Å². The molecule has 0 atom stereocenters. The van der Waals surface area contributed by atoms with Crippen LogP contribution in [-0.4, -0.2) is 25.7 Å². The molecule has 0 radical (unpaired) electrons. The highest BCUT2D eigenvalue weighted by molar-refractivity contribution is 5.69. The van der Waals surface area contributed by atoms with Crippen molar-refractivity contribution in [2.45, 2.75) is 51.9 Å². The maximum Gasteiger partial charge on any atom is 0.307 e. The lowest BCUT2D eigenvalue weighted by molar-refractivity contribution is -0.142. The van der Waals surface area contributed by atoms with E-state index in [2.05, 4.69) is 5.32 Å². The van der Waals surface area contributed by atoms with Crippen LogP contribution in [0.1, 0.15) is 51.9 Å². The number of nitrogens with one attached hydrogen (secondary N) is 1. The van der Waals surface area contributed by atoms with Crippen molar-refractivity contribution in [3.8, 4) is 0 Å². The van der Waals surface area contributed by atoms with Gasteiger partial charge in [0.2, 0.25) is 0 Å². The number of carbonyl (C=O) groups is 1. The fraction of sp³-hybridized carbons (Fsp3) is 0.923. The first-order valence-electron chi connectivity index (χ1n) is 6.69. The standard InChI is InChI=1S/C13H25NO2/c1-2-16-13(15)9-11-14-10-8-12-6-4-3-5-7-12/h12,14H,2-11H2,1H3. The summed E-state index contributed by atoms with van der Waals surface area (Å²) in [5.41, 5.74) is 0. The number of ether oxygens (including phenoxy) is 1. The molecule has 0 aromatic carbocycles. The fourth-order valence-corrected chi connectivity index (χ4v) is 2.33. The van der Waals surface area contributed by atoms with E-state index in [4.69, 9.17) is 4.74 Å². The second-order valence-corrected chi connectivity index (χ2v) is 4.60. The fourth-order valence-electron chi connectivity index (χ4n) is 2.33. The number of hydrogen-bond donors (Lipinski definition) is 1. The molecular weight excluding hydrogens is 202 g/mol. The van der Waals surface area contributed by atoms with Crippen LogP contribution in [0.5, 0.6) is 0 Å². The zero-order chi connectivity index (χ0) is 11.6. The molecule has 94 valence electrons. The van der Waals surface area contributed by atoms with Gasteiger partial charge in [0.05, 0.1) is 13.0 Å². The van der Waals surface area contributed by atoms with Gasteiger partial charge < -0.3 is 10.1 Å². The van der Waals surface area contributed by atoms with Crippen LogP contribution in [0.15, 0.2) is 0 Å². The average molecular weight is 227 g/mol. The minimum atomic E-state index is -0.0901. The predicted molar refractivity (Wildman–Crippen MR) is 65.3 cm³/mol. The van der Waals surface area contributed by atoms with Gasteiger partial charge in [-0.3, -0.25) is 4.79 Å². The molecule has 0 unspecified atom stereocenters. The molecular formula is C13H25NO2. The summed E-state index contributed by atoms with van der Waals surface area (Å²) < 4.78 is 4.86. The Morgan fingerprint density at radius 2 is 2.00 bits per heavy atom. The summed E-state index contributed by atoms with van der Waals surface area (Å²) in [7, 11) is 0. The zero-order valence-electron chi connectivity index (χ0n) is 10.5. The Kier molecular flexibility index (Phi) is 7.23. The first kappa shape index (κ1) is 13.5. The van der Waals surface area contributed by atoms with Gasteiger partial charge in [-0.1, -0.05) is 32.1 Å². The van der Waals surface area contributed by atoms with Crippen LogP contribution in [0.25, 0.3) is 0 Å². The van der Waals surface area contributed by atoms with Crippen LogP contribution in [0.2, 0.25) is 0 Å². The molecule has 1 fully saturated rings. The molecule has 0 aromatic rings. The average Bonchev–Trinajstić information content (AvgIpc) is 2.30. The van der Waals surface area contributed by atoms with Crippen molar-refractivity contribution in [2.75, 3.05) is 19.7 Å². The first-order valence-corrected chi connectivity index (χ1v) is 6.69. The van der Waals surface area contributed by atoms with E-state index < -0.39 is 0 Å². The maximum atomic E-state index is 11.0. The summed E-state index contributed by atoms with van der Waals surface area (Å²) in [6.45, 7) is 4.13. The third-order valence-electron chi connectivity index (χ3n) is 3.27. The van der Waals surface area contributed by atoms with Crippen molar-refractivity contribution >= 4 is 5.97 Å². The topological polar surface area (TPSA) is 38.3 Å². The Morgan fingerprint density at radius 1 is 1.25 bits per heavy atom. The lowest BCUT2D eigenvalue weighted by Crippen LogP contribution is -2.22. The Bertz CT molecular complexity index is 188. The van der Waals surface area contributed by atoms with Crippen LogP contribution in [0.4, 0.5) is 0 Å². The largest absolute Gasteiger partial charge is 0.466 e. The van der Waals surface area contributed by atoms with E-state index in [0.29, 0.717) is 13.0 Å². The van der Waals surface area contributed by atoms with Crippen LogP contribution < -0.4 is 5.32 Å². The van der Waals surface area contributed by atoms with Crippen molar-refractivity contribution in [1.29, 1.82) is 0 Å². The van der Waals surface area contributed by atoms with Crippen LogP contribution >= 0.6 is 0 Å². The Labute approximate surface area is 98.9 Å². The third kappa shape index (κ3) is 6.11. The molecule has 3 nitrogen and oxygen atoms in total. The second kappa shape index (κ2) is 8.57. The molecule has 0 amide bonds. The summed E-state index contributed by atoms with van der Waals surface area (Å²) in [4.78, 5) is 11.0. The van der Waals surface area contributed by atoms with E-state index in [1.807, 2.05) is 6.92 Å². The lowest BCUT2D eigenvalue weighted by Gasteiger charge is -2.21. The zero-order valence-corrected chi connectivity index (χ0v) is 10.5. The number of rotatable bonds is 7. The van der Waals surface area contributed by atoms with E-state index in [1.165, 1.54) is 38.5 Å². The van der Waals surface area contributed by atoms with E-state index in [0.717, 1.165) is 19.0 Å². The van der Waals surface area contributed by atoms with Gasteiger partial charge in [-0.05, 0) is 25.8 Å². The van der Waals surface area contributed by atoms with Crippen molar-refractivity contribution < 1.29 is 9.53 Å². The maximum absolute atomic E-state index is 11.0. The molecule has 0 aliphatic heterocycles. The quantitative estimate of drug-likeness (QED) is 0.536. The van der Waals surface area contributed by atoms with Crippen molar-refractivity contribution in [3.63, 3.8) is 0 Å². The van der Waals surface area contributed by atoms with E-state index in [1.54, 1.807) is 0 Å². The summed E-state index contributed by atoms with van der Waals surface area (Å²) in [6, 6.07) is 0. The molecule has 0 spiro atoms. The molecule has 1 saturated carbocycles. The van der Waals surface area contributed by atoms with Gasteiger partial charge in [0.1, 0.15) is 0 Å². The molecule has 3 heteroatoms. The molecule has 0 aromatic heterocycles. The molecule has 0 bridgehead atoms. The molecule has 16 heavy (non-hydrogen) atoms. The predicted octanol–water partition coefficient (Wildman–Crippen LogP) is 2.50. The van der Waals surface area contributed by atoms with Crippen molar-refractivity contribution in [1.82, 2.24) is 5.32 Å². The van der Waals surface area contributed by atoms with Gasteiger partial charge in [-0.2, -0.15) is 0 Å². The molecule has 1 rings (SSSR count). The van der Waals surface area contributed by atoms with Gasteiger partial charge in [0.15, 0.2) is 0 Å². The molecule has 0 saturated heterocycles. The SMILES string of the molecule is CCOC(=O)CCNCCC1CCCCC1. The lowest BCUT2D eigenvalue weighted by atomic mass is 9.87. The van der Waals surface area contributed by atoms with Crippen LogP contribution in [-0.2, 0) is 9.53 Å².